The number of aromatic nitrogens is 2. The maximum atomic E-state index is 4.76. The summed E-state index contributed by atoms with van der Waals surface area (Å²) in [4.78, 5) is 13.1. The average Bonchev–Trinajstić information content (AvgIpc) is 2.70. The second kappa shape index (κ2) is 8.90. The molecule has 1 saturated heterocycles. The van der Waals surface area contributed by atoms with E-state index in [2.05, 4.69) is 68.0 Å². The number of nitrogens with one attached hydrogen (secondary N) is 1. The molecule has 4 rings (SSSR count). The molecule has 28 heavy (non-hydrogen) atoms. The molecule has 1 fully saturated rings. The first-order valence-electron chi connectivity index (χ1n) is 9.86. The zero-order valence-electron chi connectivity index (χ0n) is 16.6. The van der Waals surface area contributed by atoms with Gasteiger partial charge in [-0.05, 0) is 56.1 Å². The minimum atomic E-state index is 0.910. The molecule has 3 heterocycles. The Labute approximate surface area is 171 Å². The van der Waals surface area contributed by atoms with Gasteiger partial charge in [-0.3, -0.25) is 9.88 Å². The van der Waals surface area contributed by atoms with Gasteiger partial charge in [0.15, 0.2) is 0 Å². The quantitative estimate of drug-likeness (QED) is 0.639. The molecular weight excluding hydrogens is 366 g/mol. The van der Waals surface area contributed by atoms with Gasteiger partial charge >= 0.3 is 0 Å². The number of fused-ring (bicyclic) bond motifs is 1. The van der Waals surface area contributed by atoms with Crippen molar-refractivity contribution in [2.24, 2.45) is 0 Å². The number of nitrogens with zero attached hydrogens (tertiary/aromatic N) is 4. The summed E-state index contributed by atoms with van der Waals surface area (Å²) in [7, 11) is 0. The first-order chi connectivity index (χ1) is 13.7. The van der Waals surface area contributed by atoms with Crippen LogP contribution >= 0.6 is 11.9 Å². The van der Waals surface area contributed by atoms with Crippen molar-refractivity contribution in [2.45, 2.75) is 18.7 Å². The SMILES string of the molecule is Cc1cc2nc(NCCN3CCN(Sc4ccccc4)CC3)ccc2c(C)n1. The Morgan fingerprint density at radius 2 is 1.75 bits per heavy atom. The van der Waals surface area contributed by atoms with Gasteiger partial charge in [-0.15, -0.1) is 0 Å². The molecule has 1 aromatic carbocycles. The minimum absolute atomic E-state index is 0.910. The standard InChI is InChI=1S/C22H27N5S/c1-17-16-21-20(18(2)24-17)8-9-22(25-21)23-10-11-26-12-14-27(15-13-26)28-19-6-4-3-5-7-19/h3-9,16H,10-15H2,1-2H3,(H,23,25). The van der Waals surface area contributed by atoms with Crippen molar-refractivity contribution in [3.8, 4) is 0 Å². The molecule has 0 amide bonds. The lowest BCUT2D eigenvalue weighted by atomic mass is 10.2. The molecule has 0 unspecified atom stereocenters. The fraction of sp³-hybridized carbons (Fsp3) is 0.364. The van der Waals surface area contributed by atoms with Gasteiger partial charge in [0.2, 0.25) is 0 Å². The number of hydrogen-bond donors (Lipinski definition) is 1. The van der Waals surface area contributed by atoms with Crippen LogP contribution in [0.3, 0.4) is 0 Å². The zero-order valence-corrected chi connectivity index (χ0v) is 17.4. The summed E-state index contributed by atoms with van der Waals surface area (Å²) in [5, 5.41) is 4.61. The Kier molecular flexibility index (Phi) is 6.10. The predicted molar refractivity (Wildman–Crippen MR) is 118 cm³/mol. The molecule has 0 saturated carbocycles. The van der Waals surface area contributed by atoms with Crippen molar-refractivity contribution in [1.82, 2.24) is 19.2 Å². The molecule has 1 aliphatic rings. The van der Waals surface area contributed by atoms with Crippen LogP contribution < -0.4 is 5.32 Å². The lowest BCUT2D eigenvalue weighted by Crippen LogP contribution is -2.44. The molecule has 146 valence electrons. The average molecular weight is 394 g/mol. The molecule has 6 heteroatoms. The summed E-state index contributed by atoms with van der Waals surface area (Å²) in [5.74, 6) is 0.941. The van der Waals surface area contributed by atoms with Crippen LogP contribution in [0.2, 0.25) is 0 Å². The third kappa shape index (κ3) is 4.82. The van der Waals surface area contributed by atoms with Crippen LogP contribution in [0.25, 0.3) is 10.9 Å². The number of rotatable bonds is 6. The monoisotopic (exact) mass is 393 g/mol. The van der Waals surface area contributed by atoms with Crippen LogP contribution in [-0.2, 0) is 0 Å². The van der Waals surface area contributed by atoms with E-state index in [1.54, 1.807) is 0 Å². The molecule has 2 aromatic heterocycles. The smallest absolute Gasteiger partial charge is 0.126 e. The van der Waals surface area contributed by atoms with Gasteiger partial charge in [-0.1, -0.05) is 18.2 Å². The Morgan fingerprint density at radius 3 is 2.54 bits per heavy atom. The van der Waals surface area contributed by atoms with Crippen LogP contribution in [0.5, 0.6) is 0 Å². The van der Waals surface area contributed by atoms with Gasteiger partial charge in [-0.2, -0.15) is 0 Å². The van der Waals surface area contributed by atoms with Gasteiger partial charge in [0.25, 0.3) is 0 Å². The number of pyridine rings is 2. The van der Waals surface area contributed by atoms with Crippen molar-refractivity contribution in [1.29, 1.82) is 0 Å². The summed E-state index contributed by atoms with van der Waals surface area (Å²) in [6, 6.07) is 16.9. The summed E-state index contributed by atoms with van der Waals surface area (Å²) in [6.45, 7) is 10.4. The van der Waals surface area contributed by atoms with E-state index in [4.69, 9.17) is 4.98 Å². The van der Waals surface area contributed by atoms with Crippen molar-refractivity contribution >= 4 is 28.7 Å². The highest BCUT2D eigenvalue weighted by atomic mass is 32.2. The maximum absolute atomic E-state index is 4.76. The third-order valence-corrected chi connectivity index (χ3v) is 6.15. The Morgan fingerprint density at radius 1 is 0.964 bits per heavy atom. The number of anilines is 1. The van der Waals surface area contributed by atoms with Crippen LogP contribution in [0.15, 0.2) is 53.4 Å². The fourth-order valence-electron chi connectivity index (χ4n) is 3.56. The molecule has 5 nitrogen and oxygen atoms in total. The minimum Gasteiger partial charge on any atom is -0.369 e. The Balaban J connectivity index is 1.24. The lowest BCUT2D eigenvalue weighted by Gasteiger charge is -2.33. The Hall–Kier alpha value is -2.15. The van der Waals surface area contributed by atoms with Gasteiger partial charge < -0.3 is 5.32 Å². The fourth-order valence-corrected chi connectivity index (χ4v) is 4.48. The normalized spacial score (nSPS) is 15.8. The largest absolute Gasteiger partial charge is 0.369 e. The molecule has 0 bridgehead atoms. The highest BCUT2D eigenvalue weighted by molar-refractivity contribution is 7.97. The molecule has 1 aliphatic heterocycles. The zero-order chi connectivity index (χ0) is 19.3. The van der Waals surface area contributed by atoms with Crippen LogP contribution in [-0.4, -0.2) is 58.4 Å². The lowest BCUT2D eigenvalue weighted by molar-refractivity contribution is 0.202. The number of benzene rings is 1. The van der Waals surface area contributed by atoms with Gasteiger partial charge in [0.05, 0.1) is 5.52 Å². The van der Waals surface area contributed by atoms with Gasteiger partial charge in [0, 0.05) is 60.9 Å². The molecule has 0 aliphatic carbocycles. The van der Waals surface area contributed by atoms with E-state index in [1.807, 2.05) is 25.8 Å². The molecular formula is C22H27N5S. The number of hydrogen-bond acceptors (Lipinski definition) is 6. The molecule has 0 spiro atoms. The van der Waals surface area contributed by atoms with Crippen LogP contribution in [0, 0.1) is 13.8 Å². The van der Waals surface area contributed by atoms with E-state index in [0.29, 0.717) is 0 Å². The Bertz CT molecular complexity index is 923. The topological polar surface area (TPSA) is 44.3 Å². The maximum Gasteiger partial charge on any atom is 0.126 e. The van der Waals surface area contributed by atoms with E-state index in [0.717, 1.165) is 67.4 Å². The third-order valence-electron chi connectivity index (χ3n) is 5.05. The molecule has 0 atom stereocenters. The second-order valence-corrected chi connectivity index (χ2v) is 8.38. The van der Waals surface area contributed by atoms with E-state index < -0.39 is 0 Å². The van der Waals surface area contributed by atoms with E-state index >= 15 is 0 Å². The van der Waals surface area contributed by atoms with E-state index in [1.165, 1.54) is 4.90 Å². The first kappa shape index (κ1) is 19.2. The van der Waals surface area contributed by atoms with E-state index in [9.17, 15) is 0 Å². The number of piperazine rings is 1. The highest BCUT2D eigenvalue weighted by Crippen LogP contribution is 2.23. The number of aryl methyl sites for hydroxylation is 2. The van der Waals surface area contributed by atoms with Gasteiger partial charge in [-0.25, -0.2) is 9.29 Å². The summed E-state index contributed by atoms with van der Waals surface area (Å²) < 4.78 is 2.46. The van der Waals surface area contributed by atoms with Crippen LogP contribution in [0.4, 0.5) is 5.82 Å². The van der Waals surface area contributed by atoms with Crippen molar-refractivity contribution < 1.29 is 0 Å². The summed E-state index contributed by atoms with van der Waals surface area (Å²) in [6.07, 6.45) is 0. The summed E-state index contributed by atoms with van der Waals surface area (Å²) >= 11 is 1.87. The predicted octanol–water partition coefficient (Wildman–Crippen LogP) is 3.98. The molecule has 3 aromatic rings. The molecule has 1 N–H and O–H groups in total. The van der Waals surface area contributed by atoms with Crippen molar-refractivity contribution in [3.05, 3.63) is 59.9 Å². The van der Waals surface area contributed by atoms with Crippen LogP contribution in [0.1, 0.15) is 11.4 Å². The van der Waals surface area contributed by atoms with E-state index in [-0.39, 0.29) is 0 Å². The van der Waals surface area contributed by atoms with Gasteiger partial charge in [0.1, 0.15) is 5.82 Å². The van der Waals surface area contributed by atoms with Crippen molar-refractivity contribution in [2.75, 3.05) is 44.6 Å². The van der Waals surface area contributed by atoms with Crippen molar-refractivity contribution in [3.63, 3.8) is 0 Å². The second-order valence-electron chi connectivity index (χ2n) is 7.21. The first-order valence-corrected chi connectivity index (χ1v) is 10.6. The highest BCUT2D eigenvalue weighted by Gasteiger charge is 2.17. The molecule has 0 radical (unpaired) electrons. The summed E-state index contributed by atoms with van der Waals surface area (Å²) in [5.41, 5.74) is 3.07.